The molecule has 1 fully saturated rings. The van der Waals surface area contributed by atoms with E-state index >= 15 is 0 Å². The Bertz CT molecular complexity index is 1050. The van der Waals surface area contributed by atoms with Gasteiger partial charge in [-0.2, -0.15) is 0 Å². The topological polar surface area (TPSA) is 75.7 Å². The van der Waals surface area contributed by atoms with Crippen LogP contribution in [0.4, 0.5) is 0 Å². The summed E-state index contributed by atoms with van der Waals surface area (Å²) >= 11 is 0. The second-order valence-electron chi connectivity index (χ2n) is 8.60. The molecular formula is C25H32N2O4S. The first-order chi connectivity index (χ1) is 15.5. The lowest BCUT2D eigenvalue weighted by Gasteiger charge is -2.29. The highest BCUT2D eigenvalue weighted by atomic mass is 32.2. The molecular weight excluding hydrogens is 424 g/mol. The predicted octanol–water partition coefficient (Wildman–Crippen LogP) is 3.16. The van der Waals surface area contributed by atoms with Crippen molar-refractivity contribution in [2.75, 3.05) is 25.5 Å². The second kappa shape index (κ2) is 10.1. The summed E-state index contributed by atoms with van der Waals surface area (Å²) in [6.07, 6.45) is 3.16. The van der Waals surface area contributed by atoms with Crippen molar-refractivity contribution >= 4 is 15.9 Å². The number of hydrogen-bond donors (Lipinski definition) is 1. The lowest BCUT2D eigenvalue weighted by atomic mass is 9.94. The lowest BCUT2D eigenvalue weighted by molar-refractivity contribution is -0.132. The molecule has 0 aromatic heterocycles. The Hall–Kier alpha value is -2.22. The van der Waals surface area contributed by atoms with Crippen LogP contribution >= 0.6 is 0 Å². The number of sulfonamides is 1. The third-order valence-corrected chi connectivity index (χ3v) is 7.89. The summed E-state index contributed by atoms with van der Waals surface area (Å²) in [5.41, 5.74) is 4.67. The highest BCUT2D eigenvalue weighted by molar-refractivity contribution is 7.89. The lowest BCUT2D eigenvalue weighted by Crippen LogP contribution is -2.48. The normalized spacial score (nSPS) is 22.5. The van der Waals surface area contributed by atoms with Gasteiger partial charge in [-0.1, -0.05) is 48.5 Å². The number of nitrogens with one attached hydrogen (secondary N) is 1. The molecule has 2 aliphatic rings. The van der Waals surface area contributed by atoms with Crippen molar-refractivity contribution in [3.8, 4) is 11.1 Å². The Labute approximate surface area is 191 Å². The van der Waals surface area contributed by atoms with E-state index in [4.69, 9.17) is 4.74 Å². The molecule has 2 atom stereocenters. The van der Waals surface area contributed by atoms with Crippen LogP contribution in [-0.2, 0) is 32.4 Å². The van der Waals surface area contributed by atoms with Gasteiger partial charge < -0.3 is 9.64 Å². The molecule has 2 unspecified atom stereocenters. The van der Waals surface area contributed by atoms with Crippen molar-refractivity contribution in [2.45, 2.75) is 51.1 Å². The van der Waals surface area contributed by atoms with Gasteiger partial charge in [-0.05, 0) is 54.9 Å². The largest absolute Gasteiger partial charge is 0.381 e. The summed E-state index contributed by atoms with van der Waals surface area (Å²) in [5, 5.41) is 0. The van der Waals surface area contributed by atoms with Crippen LogP contribution in [0.25, 0.3) is 11.1 Å². The summed E-state index contributed by atoms with van der Waals surface area (Å²) in [4.78, 5) is 14.9. The molecule has 2 bridgehead atoms. The van der Waals surface area contributed by atoms with E-state index in [9.17, 15) is 13.2 Å². The van der Waals surface area contributed by atoms with Crippen LogP contribution in [0.5, 0.6) is 0 Å². The highest BCUT2D eigenvalue weighted by Crippen LogP contribution is 2.28. The summed E-state index contributed by atoms with van der Waals surface area (Å²) < 4.78 is 33.3. The second-order valence-corrected chi connectivity index (χ2v) is 10.6. The van der Waals surface area contributed by atoms with Crippen molar-refractivity contribution in [3.63, 3.8) is 0 Å². The van der Waals surface area contributed by atoms with Gasteiger partial charge in [0.2, 0.25) is 15.9 Å². The van der Waals surface area contributed by atoms with Crippen LogP contribution < -0.4 is 4.72 Å². The zero-order valence-corrected chi connectivity index (χ0v) is 19.4. The number of carbonyl (C=O) groups is 1. The van der Waals surface area contributed by atoms with E-state index in [1.807, 2.05) is 17.0 Å². The summed E-state index contributed by atoms with van der Waals surface area (Å²) in [7, 11) is -3.35. The van der Waals surface area contributed by atoms with Gasteiger partial charge in [-0.3, -0.25) is 4.79 Å². The van der Waals surface area contributed by atoms with Crippen molar-refractivity contribution < 1.29 is 17.9 Å². The fourth-order valence-electron chi connectivity index (χ4n) is 4.75. The quantitative estimate of drug-likeness (QED) is 0.770. The Morgan fingerprint density at radius 1 is 1.09 bits per heavy atom. The fraction of sp³-hybridized carbons (Fsp3) is 0.480. The average Bonchev–Trinajstić information content (AvgIpc) is 3.17. The number of hydrogen-bond acceptors (Lipinski definition) is 4. The van der Waals surface area contributed by atoms with Crippen molar-refractivity contribution in [2.24, 2.45) is 0 Å². The van der Waals surface area contributed by atoms with Crippen molar-refractivity contribution in [1.82, 2.24) is 9.62 Å². The number of carbonyl (C=O) groups excluding carboxylic acids is 1. The van der Waals surface area contributed by atoms with Crippen LogP contribution in [-0.4, -0.2) is 56.8 Å². The molecule has 4 rings (SSSR count). The minimum Gasteiger partial charge on any atom is -0.381 e. The third-order valence-electron chi connectivity index (χ3n) is 6.47. The highest BCUT2D eigenvalue weighted by Gasteiger charge is 2.38. The smallest absolute Gasteiger partial charge is 0.222 e. The fourth-order valence-corrected chi connectivity index (χ4v) is 5.65. The molecule has 7 heteroatoms. The third kappa shape index (κ3) is 5.39. The number of amides is 1. The minimum absolute atomic E-state index is 0.0355. The monoisotopic (exact) mass is 456 g/mol. The zero-order chi connectivity index (χ0) is 22.6. The molecule has 0 radical (unpaired) electrons. The van der Waals surface area contributed by atoms with Gasteiger partial charge in [-0.25, -0.2) is 13.1 Å². The summed E-state index contributed by atoms with van der Waals surface area (Å²) in [6.45, 7) is 3.38. The number of fused-ring (bicyclic) bond motifs is 5. The Kier molecular flexibility index (Phi) is 7.28. The number of nitrogens with zero attached hydrogens (tertiary/aromatic N) is 1. The Morgan fingerprint density at radius 2 is 1.94 bits per heavy atom. The standard InChI is InChI=1S/C25H32N2O4S/c1-2-32(29,30)26-23-12-14-27-24(23)18-19-7-5-9-21(17-19)22-10-4-3-8-20(22)13-16-31-15-6-11-25(27)28/h3-5,7-10,17,23-24,26H,2,6,11-16,18H2,1H3. The molecule has 2 aromatic carbocycles. The molecule has 1 N–H and O–H groups in total. The van der Waals surface area contributed by atoms with Crippen LogP contribution in [0.3, 0.4) is 0 Å². The molecule has 6 nitrogen and oxygen atoms in total. The molecule has 2 heterocycles. The first-order valence-electron chi connectivity index (χ1n) is 11.5. The van der Waals surface area contributed by atoms with E-state index in [0.29, 0.717) is 45.4 Å². The molecule has 0 aliphatic carbocycles. The molecule has 1 saturated heterocycles. The van der Waals surface area contributed by atoms with Crippen LogP contribution in [0.2, 0.25) is 0 Å². The van der Waals surface area contributed by atoms with Crippen molar-refractivity contribution in [3.05, 3.63) is 59.7 Å². The number of benzene rings is 2. The van der Waals surface area contributed by atoms with E-state index in [-0.39, 0.29) is 23.7 Å². The maximum atomic E-state index is 13.0. The maximum absolute atomic E-state index is 13.0. The van der Waals surface area contributed by atoms with Crippen LogP contribution in [0.15, 0.2) is 48.5 Å². The zero-order valence-electron chi connectivity index (χ0n) is 18.6. The number of rotatable bonds is 3. The van der Waals surface area contributed by atoms with Gasteiger partial charge in [0.15, 0.2) is 0 Å². The SMILES string of the molecule is CCS(=O)(=O)NC1CCN2C(=O)CCCOCCc3ccccc3-c3cccc(c3)CC12. The van der Waals surface area contributed by atoms with Gasteiger partial charge in [0.1, 0.15) is 0 Å². The molecule has 2 aliphatic heterocycles. The van der Waals surface area contributed by atoms with Gasteiger partial charge in [0, 0.05) is 25.6 Å². The molecule has 2 aromatic rings. The molecule has 1 amide bonds. The minimum atomic E-state index is -3.35. The Morgan fingerprint density at radius 3 is 2.78 bits per heavy atom. The maximum Gasteiger partial charge on any atom is 0.222 e. The van der Waals surface area contributed by atoms with Crippen molar-refractivity contribution in [1.29, 1.82) is 0 Å². The average molecular weight is 457 g/mol. The molecule has 0 saturated carbocycles. The van der Waals surface area contributed by atoms with E-state index in [0.717, 1.165) is 17.5 Å². The van der Waals surface area contributed by atoms with E-state index in [2.05, 4.69) is 41.1 Å². The van der Waals surface area contributed by atoms with Crippen LogP contribution in [0, 0.1) is 0 Å². The predicted molar refractivity (Wildman–Crippen MR) is 126 cm³/mol. The van der Waals surface area contributed by atoms with Gasteiger partial charge in [0.25, 0.3) is 0 Å². The molecule has 0 spiro atoms. The molecule has 172 valence electrons. The molecule has 32 heavy (non-hydrogen) atoms. The first-order valence-corrected chi connectivity index (χ1v) is 13.2. The van der Waals surface area contributed by atoms with E-state index in [1.54, 1.807) is 6.92 Å². The number of ether oxygens (including phenoxy) is 1. The van der Waals surface area contributed by atoms with Gasteiger partial charge >= 0.3 is 0 Å². The van der Waals surface area contributed by atoms with E-state index < -0.39 is 10.0 Å². The van der Waals surface area contributed by atoms with Crippen LogP contribution in [0.1, 0.15) is 37.3 Å². The summed E-state index contributed by atoms with van der Waals surface area (Å²) in [5.74, 6) is 0.111. The summed E-state index contributed by atoms with van der Waals surface area (Å²) in [6, 6.07) is 16.3. The van der Waals surface area contributed by atoms with E-state index in [1.165, 1.54) is 11.1 Å². The van der Waals surface area contributed by atoms with Gasteiger partial charge in [-0.15, -0.1) is 0 Å². The Balaban J connectivity index is 1.68. The van der Waals surface area contributed by atoms with Gasteiger partial charge in [0.05, 0.1) is 18.4 Å². The first kappa shape index (κ1) is 23.0.